The molecule has 0 aliphatic carbocycles. The highest BCUT2D eigenvalue weighted by Crippen LogP contribution is 2.21. The molecule has 0 spiro atoms. The summed E-state index contributed by atoms with van der Waals surface area (Å²) >= 11 is 0. The molecule has 1 rings (SSSR count). The van der Waals surface area contributed by atoms with Crippen LogP contribution in [0.1, 0.15) is 25.8 Å². The summed E-state index contributed by atoms with van der Waals surface area (Å²) in [5, 5.41) is 8.90. The molecular formula is C12H20N2O3S. The van der Waals surface area contributed by atoms with Crippen molar-refractivity contribution in [2.45, 2.75) is 37.6 Å². The van der Waals surface area contributed by atoms with Crippen LogP contribution in [-0.2, 0) is 10.0 Å². The maximum atomic E-state index is 12.2. The third kappa shape index (κ3) is 3.69. The average molecular weight is 272 g/mol. The van der Waals surface area contributed by atoms with E-state index >= 15 is 0 Å². The first kappa shape index (κ1) is 14.9. The fourth-order valence-electron chi connectivity index (χ4n) is 1.66. The fraction of sp³-hybridized carbons (Fsp3) is 0.500. The predicted octanol–water partition coefficient (Wildman–Crippen LogP) is 1.02. The van der Waals surface area contributed by atoms with Crippen LogP contribution in [-0.4, -0.2) is 25.7 Å². The van der Waals surface area contributed by atoms with Gasteiger partial charge < -0.3 is 10.8 Å². The number of benzene rings is 1. The molecule has 0 bridgehead atoms. The Balaban J connectivity index is 3.07. The van der Waals surface area contributed by atoms with Gasteiger partial charge in [-0.1, -0.05) is 6.07 Å². The van der Waals surface area contributed by atoms with Crippen molar-refractivity contribution in [2.24, 2.45) is 0 Å². The topological polar surface area (TPSA) is 92.4 Å². The van der Waals surface area contributed by atoms with Crippen LogP contribution >= 0.6 is 0 Å². The molecule has 0 heterocycles. The number of aryl methyl sites for hydroxylation is 1. The third-order valence-electron chi connectivity index (χ3n) is 2.60. The number of aliphatic hydroxyl groups is 1. The molecule has 0 fully saturated rings. The summed E-state index contributed by atoms with van der Waals surface area (Å²) in [4.78, 5) is 0.0686. The number of hydrogen-bond donors (Lipinski definition) is 3. The highest BCUT2D eigenvalue weighted by atomic mass is 32.2. The van der Waals surface area contributed by atoms with Crippen molar-refractivity contribution in [3.05, 3.63) is 23.8 Å². The molecule has 1 aromatic carbocycles. The molecule has 5 nitrogen and oxygen atoms in total. The summed E-state index contributed by atoms with van der Waals surface area (Å²) < 4.78 is 26.9. The predicted molar refractivity (Wildman–Crippen MR) is 71.7 cm³/mol. The summed E-state index contributed by atoms with van der Waals surface area (Å²) in [7, 11) is -3.67. The lowest BCUT2D eigenvalue weighted by molar-refractivity contribution is 0.246. The zero-order chi connectivity index (χ0) is 14.0. The number of aliphatic hydroxyl groups excluding tert-OH is 1. The molecule has 0 atom stereocenters. The van der Waals surface area contributed by atoms with E-state index in [4.69, 9.17) is 10.8 Å². The third-order valence-corrected chi connectivity index (χ3v) is 4.37. The number of anilines is 1. The van der Waals surface area contributed by atoms with Crippen molar-refractivity contribution >= 4 is 15.7 Å². The van der Waals surface area contributed by atoms with Crippen LogP contribution < -0.4 is 10.5 Å². The molecule has 0 saturated heterocycles. The van der Waals surface area contributed by atoms with Crippen molar-refractivity contribution in [2.75, 3.05) is 12.3 Å². The molecule has 1 aromatic rings. The number of nitrogen functional groups attached to an aromatic ring is 1. The van der Waals surface area contributed by atoms with E-state index in [9.17, 15) is 8.42 Å². The zero-order valence-corrected chi connectivity index (χ0v) is 11.7. The van der Waals surface area contributed by atoms with E-state index in [0.717, 1.165) is 5.56 Å². The normalized spacial score (nSPS) is 12.7. The van der Waals surface area contributed by atoms with E-state index in [2.05, 4.69) is 4.72 Å². The Labute approximate surface area is 108 Å². The van der Waals surface area contributed by atoms with Crippen LogP contribution in [0.3, 0.4) is 0 Å². The summed E-state index contributed by atoms with van der Waals surface area (Å²) in [6, 6.07) is 4.81. The van der Waals surface area contributed by atoms with Crippen LogP contribution in [0, 0.1) is 6.92 Å². The molecule has 0 radical (unpaired) electrons. The molecule has 0 aliphatic rings. The lowest BCUT2D eigenvalue weighted by Gasteiger charge is -2.25. The zero-order valence-electron chi connectivity index (χ0n) is 10.9. The van der Waals surface area contributed by atoms with Crippen molar-refractivity contribution in [3.8, 4) is 0 Å². The van der Waals surface area contributed by atoms with E-state index in [1.54, 1.807) is 26.0 Å². The summed E-state index contributed by atoms with van der Waals surface area (Å²) in [6.45, 7) is 5.19. The Hall–Kier alpha value is -1.11. The summed E-state index contributed by atoms with van der Waals surface area (Å²) in [6.07, 6.45) is 0.331. The lowest BCUT2D eigenvalue weighted by atomic mass is 10.0. The van der Waals surface area contributed by atoms with Crippen molar-refractivity contribution in [3.63, 3.8) is 0 Å². The van der Waals surface area contributed by atoms with Gasteiger partial charge in [0, 0.05) is 12.1 Å². The Morgan fingerprint density at radius 1 is 1.39 bits per heavy atom. The largest absolute Gasteiger partial charge is 0.398 e. The number of hydrogen-bond acceptors (Lipinski definition) is 4. The number of nitrogens with one attached hydrogen (secondary N) is 1. The van der Waals surface area contributed by atoms with E-state index in [1.165, 1.54) is 6.07 Å². The van der Waals surface area contributed by atoms with Gasteiger partial charge in [-0.3, -0.25) is 0 Å². The molecule has 0 saturated carbocycles. The van der Waals surface area contributed by atoms with Gasteiger partial charge in [0.2, 0.25) is 10.0 Å². The quantitative estimate of drug-likeness (QED) is 0.698. The molecule has 18 heavy (non-hydrogen) atoms. The second-order valence-electron chi connectivity index (χ2n) is 5.00. The number of nitrogens with two attached hydrogens (primary N) is 1. The van der Waals surface area contributed by atoms with Gasteiger partial charge in [-0.25, -0.2) is 13.1 Å². The number of rotatable bonds is 5. The van der Waals surface area contributed by atoms with Crippen LogP contribution in [0.25, 0.3) is 0 Å². The average Bonchev–Trinajstić information content (AvgIpc) is 2.14. The monoisotopic (exact) mass is 272 g/mol. The highest BCUT2D eigenvalue weighted by molar-refractivity contribution is 7.89. The Morgan fingerprint density at radius 3 is 2.50 bits per heavy atom. The maximum absolute atomic E-state index is 12.2. The first-order valence-electron chi connectivity index (χ1n) is 5.69. The first-order valence-corrected chi connectivity index (χ1v) is 7.17. The van der Waals surface area contributed by atoms with E-state index in [1.807, 2.05) is 6.92 Å². The van der Waals surface area contributed by atoms with Gasteiger partial charge >= 0.3 is 0 Å². The minimum atomic E-state index is -3.67. The standard InChI is InChI=1S/C12H20N2O3S/c1-9-4-5-11(10(13)8-9)18(16,17)14-12(2,3)6-7-15/h4-5,8,14-15H,6-7,13H2,1-3H3. The van der Waals surface area contributed by atoms with Gasteiger partial charge in [-0.15, -0.1) is 0 Å². The van der Waals surface area contributed by atoms with E-state index in [0.29, 0.717) is 6.42 Å². The smallest absolute Gasteiger partial charge is 0.243 e. The molecule has 0 aromatic heterocycles. The second-order valence-corrected chi connectivity index (χ2v) is 6.66. The highest BCUT2D eigenvalue weighted by Gasteiger charge is 2.27. The van der Waals surface area contributed by atoms with Crippen molar-refractivity contribution in [1.82, 2.24) is 4.72 Å². The first-order chi connectivity index (χ1) is 8.18. The van der Waals surface area contributed by atoms with Crippen molar-refractivity contribution in [1.29, 1.82) is 0 Å². The van der Waals surface area contributed by atoms with Gasteiger partial charge in [0.05, 0.1) is 5.69 Å². The summed E-state index contributed by atoms with van der Waals surface area (Å²) in [5.41, 5.74) is 6.14. The van der Waals surface area contributed by atoms with Gasteiger partial charge in [0.1, 0.15) is 4.90 Å². The Kier molecular flexibility index (Phi) is 4.37. The van der Waals surface area contributed by atoms with E-state index < -0.39 is 15.6 Å². The van der Waals surface area contributed by atoms with Crippen LogP contribution in [0.2, 0.25) is 0 Å². The van der Waals surface area contributed by atoms with Crippen LogP contribution in [0.4, 0.5) is 5.69 Å². The van der Waals surface area contributed by atoms with Crippen molar-refractivity contribution < 1.29 is 13.5 Å². The van der Waals surface area contributed by atoms with Gasteiger partial charge in [0.15, 0.2) is 0 Å². The van der Waals surface area contributed by atoms with Crippen LogP contribution in [0.5, 0.6) is 0 Å². The minimum absolute atomic E-state index is 0.0686. The van der Waals surface area contributed by atoms with Gasteiger partial charge in [-0.05, 0) is 44.9 Å². The minimum Gasteiger partial charge on any atom is -0.398 e. The molecule has 4 N–H and O–H groups in total. The van der Waals surface area contributed by atoms with Gasteiger partial charge in [0.25, 0.3) is 0 Å². The summed E-state index contributed by atoms with van der Waals surface area (Å²) in [5.74, 6) is 0. The maximum Gasteiger partial charge on any atom is 0.243 e. The molecule has 0 unspecified atom stereocenters. The van der Waals surface area contributed by atoms with E-state index in [-0.39, 0.29) is 17.2 Å². The molecule has 6 heteroatoms. The number of sulfonamides is 1. The Morgan fingerprint density at radius 2 is 2.00 bits per heavy atom. The molecule has 0 aliphatic heterocycles. The molecule has 102 valence electrons. The molecular weight excluding hydrogens is 252 g/mol. The van der Waals surface area contributed by atoms with Gasteiger partial charge in [-0.2, -0.15) is 0 Å². The lowest BCUT2D eigenvalue weighted by Crippen LogP contribution is -2.44. The fourth-order valence-corrected chi connectivity index (χ4v) is 3.22. The second kappa shape index (κ2) is 5.26. The van der Waals surface area contributed by atoms with Crippen LogP contribution in [0.15, 0.2) is 23.1 Å². The Bertz CT molecular complexity index is 524. The molecule has 0 amide bonds. The SMILES string of the molecule is Cc1ccc(S(=O)(=O)NC(C)(C)CCO)c(N)c1.